The van der Waals surface area contributed by atoms with Crippen LogP contribution >= 0.6 is 15.9 Å². The third kappa shape index (κ3) is 2.57. The van der Waals surface area contributed by atoms with E-state index in [2.05, 4.69) is 15.9 Å². The standard InChI is InChI=1S/C4H3BrN2O/c5-4(8,3-7)1-2-6/h8H,1H2. The van der Waals surface area contributed by atoms with Gasteiger partial charge in [0.15, 0.2) is 0 Å². The minimum Gasteiger partial charge on any atom is -0.366 e. The number of alkyl halides is 1. The molecule has 42 valence electrons. The van der Waals surface area contributed by atoms with Crippen LogP contribution in [0.4, 0.5) is 0 Å². The topological polar surface area (TPSA) is 67.8 Å². The van der Waals surface area contributed by atoms with Crippen molar-refractivity contribution in [2.45, 2.75) is 10.9 Å². The van der Waals surface area contributed by atoms with Crippen LogP contribution in [-0.4, -0.2) is 9.62 Å². The van der Waals surface area contributed by atoms with Gasteiger partial charge >= 0.3 is 0 Å². The second-order valence-corrected chi connectivity index (χ2v) is 2.52. The van der Waals surface area contributed by atoms with Gasteiger partial charge in [-0.3, -0.25) is 0 Å². The fourth-order valence-corrected chi connectivity index (χ4v) is 0.270. The summed E-state index contributed by atoms with van der Waals surface area (Å²) < 4.78 is -1.65. The first-order valence-corrected chi connectivity index (χ1v) is 2.61. The normalized spacial score (nSPS) is 15.5. The summed E-state index contributed by atoms with van der Waals surface area (Å²) in [7, 11) is 0. The highest BCUT2D eigenvalue weighted by Crippen LogP contribution is 2.15. The van der Waals surface area contributed by atoms with Crippen LogP contribution in [0.25, 0.3) is 0 Å². The van der Waals surface area contributed by atoms with E-state index in [4.69, 9.17) is 15.6 Å². The van der Waals surface area contributed by atoms with Crippen LogP contribution in [0.5, 0.6) is 0 Å². The lowest BCUT2D eigenvalue weighted by molar-refractivity contribution is 0.208. The van der Waals surface area contributed by atoms with Gasteiger partial charge < -0.3 is 5.11 Å². The molecule has 0 saturated carbocycles. The second-order valence-electron chi connectivity index (χ2n) is 1.21. The van der Waals surface area contributed by atoms with E-state index in [1.165, 1.54) is 6.07 Å². The Morgan fingerprint density at radius 2 is 2.12 bits per heavy atom. The van der Waals surface area contributed by atoms with Crippen LogP contribution in [0.3, 0.4) is 0 Å². The van der Waals surface area contributed by atoms with E-state index in [1.807, 2.05) is 0 Å². The molecule has 0 bridgehead atoms. The summed E-state index contributed by atoms with van der Waals surface area (Å²) in [5, 5.41) is 24.6. The Morgan fingerprint density at radius 1 is 1.62 bits per heavy atom. The Morgan fingerprint density at radius 3 is 2.25 bits per heavy atom. The van der Waals surface area contributed by atoms with E-state index in [-0.39, 0.29) is 6.42 Å². The van der Waals surface area contributed by atoms with E-state index >= 15 is 0 Å². The van der Waals surface area contributed by atoms with Gasteiger partial charge in [0.2, 0.25) is 4.51 Å². The van der Waals surface area contributed by atoms with Crippen molar-refractivity contribution in [3.05, 3.63) is 0 Å². The molecule has 0 rings (SSSR count). The molecule has 0 aliphatic rings. The van der Waals surface area contributed by atoms with Gasteiger partial charge in [-0.25, -0.2) is 0 Å². The average molecular weight is 175 g/mol. The first kappa shape index (κ1) is 7.42. The number of nitriles is 2. The van der Waals surface area contributed by atoms with Crippen molar-refractivity contribution in [2.24, 2.45) is 0 Å². The second kappa shape index (κ2) is 2.66. The Balaban J connectivity index is 3.82. The lowest BCUT2D eigenvalue weighted by Crippen LogP contribution is -2.14. The monoisotopic (exact) mass is 174 g/mol. The summed E-state index contributed by atoms with van der Waals surface area (Å²) in [6, 6.07) is 3.13. The number of aliphatic hydroxyl groups is 1. The first-order valence-electron chi connectivity index (χ1n) is 1.82. The molecular formula is C4H3BrN2O. The Labute approximate surface area is 55.3 Å². The maximum Gasteiger partial charge on any atom is 0.220 e. The molecule has 0 radical (unpaired) electrons. The Kier molecular flexibility index (Phi) is 2.47. The van der Waals surface area contributed by atoms with E-state index in [1.54, 1.807) is 6.07 Å². The highest BCUT2D eigenvalue weighted by molar-refractivity contribution is 9.10. The smallest absolute Gasteiger partial charge is 0.220 e. The fourth-order valence-electron chi connectivity index (χ4n) is 0.144. The molecular weight excluding hydrogens is 172 g/mol. The molecule has 1 N–H and O–H groups in total. The van der Waals surface area contributed by atoms with E-state index in [0.717, 1.165) is 0 Å². The van der Waals surface area contributed by atoms with Crippen molar-refractivity contribution in [1.82, 2.24) is 0 Å². The first-order chi connectivity index (χ1) is 3.62. The highest BCUT2D eigenvalue weighted by Gasteiger charge is 2.20. The fraction of sp³-hybridized carbons (Fsp3) is 0.500. The molecule has 0 aromatic rings. The zero-order valence-corrected chi connectivity index (χ0v) is 5.51. The van der Waals surface area contributed by atoms with Crippen molar-refractivity contribution in [3.63, 3.8) is 0 Å². The minimum absolute atomic E-state index is 0.219. The molecule has 0 fully saturated rings. The maximum atomic E-state index is 8.66. The molecule has 0 saturated heterocycles. The molecule has 0 aliphatic heterocycles. The molecule has 8 heavy (non-hydrogen) atoms. The number of rotatable bonds is 1. The molecule has 0 aromatic heterocycles. The van der Waals surface area contributed by atoms with Gasteiger partial charge in [0, 0.05) is 0 Å². The SMILES string of the molecule is N#CCC(O)(Br)C#N. The summed E-state index contributed by atoms with van der Waals surface area (Å²) in [4.78, 5) is 0. The molecule has 4 heteroatoms. The summed E-state index contributed by atoms with van der Waals surface area (Å²) in [5.41, 5.74) is 0. The van der Waals surface area contributed by atoms with Crippen LogP contribution < -0.4 is 0 Å². The molecule has 0 spiro atoms. The number of halogens is 1. The lowest BCUT2D eigenvalue weighted by Gasteiger charge is -2.02. The van der Waals surface area contributed by atoms with E-state index < -0.39 is 4.51 Å². The number of hydrogen-bond acceptors (Lipinski definition) is 3. The van der Waals surface area contributed by atoms with Crippen molar-refractivity contribution in [3.8, 4) is 12.1 Å². The molecule has 0 aromatic carbocycles. The Hall–Kier alpha value is -0.580. The van der Waals surface area contributed by atoms with Gasteiger partial charge in [-0.05, 0) is 15.9 Å². The average Bonchev–Trinajstić information content (AvgIpc) is 1.67. The van der Waals surface area contributed by atoms with Crippen LogP contribution in [0.1, 0.15) is 6.42 Å². The molecule has 0 aliphatic carbocycles. The van der Waals surface area contributed by atoms with E-state index in [9.17, 15) is 0 Å². The molecule has 0 amide bonds. The quantitative estimate of drug-likeness (QED) is 0.466. The van der Waals surface area contributed by atoms with Crippen LogP contribution in [0.2, 0.25) is 0 Å². The zero-order valence-electron chi connectivity index (χ0n) is 3.93. The number of hydrogen-bond donors (Lipinski definition) is 1. The van der Waals surface area contributed by atoms with Crippen LogP contribution in [0, 0.1) is 22.7 Å². The van der Waals surface area contributed by atoms with Crippen molar-refractivity contribution < 1.29 is 5.11 Å². The van der Waals surface area contributed by atoms with Crippen molar-refractivity contribution in [1.29, 1.82) is 10.5 Å². The summed E-state index contributed by atoms with van der Waals surface area (Å²) in [6.07, 6.45) is -0.219. The third-order valence-electron chi connectivity index (χ3n) is 0.485. The van der Waals surface area contributed by atoms with Gasteiger partial charge in [-0.1, -0.05) is 0 Å². The maximum absolute atomic E-state index is 8.66. The van der Waals surface area contributed by atoms with Gasteiger partial charge in [0.05, 0.1) is 12.5 Å². The third-order valence-corrected chi connectivity index (χ3v) is 0.942. The van der Waals surface area contributed by atoms with Crippen LogP contribution in [-0.2, 0) is 0 Å². The molecule has 0 heterocycles. The molecule has 1 unspecified atom stereocenters. The van der Waals surface area contributed by atoms with Gasteiger partial charge in [-0.15, -0.1) is 0 Å². The van der Waals surface area contributed by atoms with Gasteiger partial charge in [0.25, 0.3) is 0 Å². The Bertz CT molecular complexity index is 152. The van der Waals surface area contributed by atoms with Crippen molar-refractivity contribution in [2.75, 3.05) is 0 Å². The summed E-state index contributed by atoms with van der Waals surface area (Å²) >= 11 is 2.61. The zero-order chi connectivity index (χ0) is 6.62. The largest absolute Gasteiger partial charge is 0.366 e. The number of nitrogens with zero attached hydrogens (tertiary/aromatic N) is 2. The van der Waals surface area contributed by atoms with Gasteiger partial charge in [-0.2, -0.15) is 10.5 Å². The predicted molar refractivity (Wildman–Crippen MR) is 29.7 cm³/mol. The van der Waals surface area contributed by atoms with E-state index in [0.29, 0.717) is 0 Å². The minimum atomic E-state index is -1.65. The highest BCUT2D eigenvalue weighted by atomic mass is 79.9. The molecule has 1 atom stereocenters. The summed E-state index contributed by atoms with van der Waals surface area (Å²) in [5.74, 6) is 0. The molecule has 3 nitrogen and oxygen atoms in total. The predicted octanol–water partition coefficient (Wildman–Crippen LogP) is 0.507. The van der Waals surface area contributed by atoms with Crippen molar-refractivity contribution >= 4 is 15.9 Å². The van der Waals surface area contributed by atoms with Gasteiger partial charge in [0.1, 0.15) is 6.07 Å². The lowest BCUT2D eigenvalue weighted by atomic mass is 10.3. The van der Waals surface area contributed by atoms with Crippen LogP contribution in [0.15, 0.2) is 0 Å². The summed E-state index contributed by atoms with van der Waals surface area (Å²) in [6.45, 7) is 0.